The van der Waals surface area contributed by atoms with Gasteiger partial charge in [-0.25, -0.2) is 0 Å². The molecule has 0 atom stereocenters. The molecule has 1 saturated carbocycles. The molecule has 33 heavy (non-hydrogen) atoms. The van der Waals surface area contributed by atoms with E-state index >= 15 is 0 Å². The number of nitrogens with one attached hydrogen (secondary N) is 2. The Morgan fingerprint density at radius 1 is 1.27 bits per heavy atom. The number of nitrogen functional groups attached to an aromatic ring is 1. The molecule has 7 nitrogen and oxygen atoms in total. The number of aromatic nitrogens is 2. The Labute approximate surface area is 200 Å². The van der Waals surface area contributed by atoms with E-state index in [0.29, 0.717) is 47.1 Å². The van der Waals surface area contributed by atoms with E-state index in [1.54, 1.807) is 0 Å². The number of halogens is 1. The first kappa shape index (κ1) is 22.4. The van der Waals surface area contributed by atoms with Crippen molar-refractivity contribution in [3.05, 3.63) is 27.9 Å². The molecule has 4 N–H and O–H groups in total. The maximum absolute atomic E-state index is 12.3. The largest absolute Gasteiger partial charge is 0.398 e. The van der Waals surface area contributed by atoms with Crippen LogP contribution in [0.15, 0.2) is 6.07 Å². The van der Waals surface area contributed by atoms with Gasteiger partial charge in [0.1, 0.15) is 5.78 Å². The lowest BCUT2D eigenvalue weighted by Crippen LogP contribution is -2.60. The summed E-state index contributed by atoms with van der Waals surface area (Å²) < 4.78 is 2.17. The number of rotatable bonds is 4. The van der Waals surface area contributed by atoms with Crippen molar-refractivity contribution in [3.63, 3.8) is 0 Å². The molecule has 3 heterocycles. The van der Waals surface area contributed by atoms with Crippen molar-refractivity contribution in [2.24, 2.45) is 5.41 Å². The van der Waals surface area contributed by atoms with Crippen LogP contribution in [-0.4, -0.2) is 47.0 Å². The van der Waals surface area contributed by atoms with Gasteiger partial charge in [-0.1, -0.05) is 11.6 Å². The first-order valence-corrected chi connectivity index (χ1v) is 12.1. The van der Waals surface area contributed by atoms with Crippen molar-refractivity contribution in [2.75, 3.05) is 30.3 Å². The highest BCUT2D eigenvalue weighted by Gasteiger charge is 2.50. The van der Waals surface area contributed by atoms with Gasteiger partial charge in [0.25, 0.3) is 0 Å². The predicted molar refractivity (Wildman–Crippen MR) is 134 cm³/mol. The molecule has 1 aromatic carbocycles. The summed E-state index contributed by atoms with van der Waals surface area (Å²) in [6.45, 7) is 11.0. The second-order valence-electron chi connectivity index (χ2n) is 10.9. The van der Waals surface area contributed by atoms with Crippen LogP contribution in [0.2, 0.25) is 5.02 Å². The third-order valence-electron chi connectivity index (χ3n) is 7.96. The molecule has 2 aromatic rings. The molecule has 1 aliphatic carbocycles. The average molecular weight is 469 g/mol. The average Bonchev–Trinajstić information content (AvgIpc) is 2.98. The van der Waals surface area contributed by atoms with Crippen molar-refractivity contribution in [3.8, 4) is 11.1 Å². The van der Waals surface area contributed by atoms with E-state index in [1.807, 2.05) is 13.0 Å². The summed E-state index contributed by atoms with van der Waals surface area (Å²) in [7, 11) is 0. The van der Waals surface area contributed by atoms with Crippen LogP contribution in [0.1, 0.15) is 62.4 Å². The van der Waals surface area contributed by atoms with Gasteiger partial charge in [0, 0.05) is 72.3 Å². The molecular weight excluding hydrogens is 436 g/mol. The van der Waals surface area contributed by atoms with Crippen LogP contribution >= 0.6 is 11.6 Å². The molecule has 3 fully saturated rings. The summed E-state index contributed by atoms with van der Waals surface area (Å²) in [5, 5.41) is 17.3. The number of nitrogens with zero attached hydrogens (tertiary/aromatic N) is 3. The van der Waals surface area contributed by atoms with Gasteiger partial charge in [-0.3, -0.25) is 9.48 Å². The van der Waals surface area contributed by atoms with Crippen molar-refractivity contribution in [1.29, 1.82) is 5.41 Å². The van der Waals surface area contributed by atoms with E-state index in [0.717, 1.165) is 54.1 Å². The lowest BCUT2D eigenvalue weighted by atomic mass is 9.61. The normalized spacial score (nSPS) is 21.7. The molecule has 0 amide bonds. The summed E-state index contributed by atoms with van der Waals surface area (Å²) in [5.74, 6) is 1.12. The maximum atomic E-state index is 12.3. The Bertz CT molecular complexity index is 1150. The molecule has 1 aromatic heterocycles. The molecule has 0 radical (unpaired) electrons. The third kappa shape index (κ3) is 3.39. The Kier molecular flexibility index (Phi) is 5.14. The zero-order valence-corrected chi connectivity index (χ0v) is 20.6. The molecule has 1 spiro atoms. The SMILES string of the molecule is Cc1cc(N)c(C=N)c(-c2c(N3CCC(=O)CC3(C)C)nn(C3CC4(CNC4)C3)c2C)c1Cl. The lowest BCUT2D eigenvalue weighted by Gasteiger charge is -2.54. The van der Waals surface area contributed by atoms with E-state index in [4.69, 9.17) is 27.8 Å². The molecule has 2 aliphatic heterocycles. The Morgan fingerprint density at radius 3 is 2.55 bits per heavy atom. The first-order valence-electron chi connectivity index (χ1n) is 11.8. The number of carbonyl (C=O) groups is 1. The Balaban J connectivity index is 1.70. The minimum Gasteiger partial charge on any atom is -0.398 e. The highest BCUT2D eigenvalue weighted by atomic mass is 35.5. The van der Waals surface area contributed by atoms with Crippen molar-refractivity contribution in [2.45, 2.75) is 65.0 Å². The standard InChI is InChI=1S/C25H33ClN6O/c1-14-7-19(28)18(11-27)21(22(14)26)20-15(2)32(16-8-25(9-16)12-29-13-25)30-23(20)31-6-5-17(33)10-24(31,3)4/h7,11,16,27,29H,5-6,8-10,12-13,28H2,1-4H3. The van der Waals surface area contributed by atoms with Crippen LogP contribution in [0.4, 0.5) is 11.5 Å². The monoisotopic (exact) mass is 468 g/mol. The summed E-state index contributed by atoms with van der Waals surface area (Å²) >= 11 is 6.90. The molecule has 3 aliphatic rings. The van der Waals surface area contributed by atoms with Crippen molar-refractivity contribution >= 4 is 35.1 Å². The summed E-state index contributed by atoms with van der Waals surface area (Å²) in [6, 6.07) is 2.17. The van der Waals surface area contributed by atoms with Crippen LogP contribution in [-0.2, 0) is 4.79 Å². The van der Waals surface area contributed by atoms with E-state index in [-0.39, 0.29) is 11.3 Å². The van der Waals surface area contributed by atoms with Crippen molar-refractivity contribution < 1.29 is 4.79 Å². The summed E-state index contributed by atoms with van der Waals surface area (Å²) in [5.41, 5.74) is 11.2. The van der Waals surface area contributed by atoms with Gasteiger partial charge in [0.2, 0.25) is 0 Å². The van der Waals surface area contributed by atoms with Crippen LogP contribution in [0.3, 0.4) is 0 Å². The minimum absolute atomic E-state index is 0.283. The van der Waals surface area contributed by atoms with Crippen molar-refractivity contribution in [1.82, 2.24) is 15.1 Å². The van der Waals surface area contributed by atoms with Crippen LogP contribution in [0.5, 0.6) is 0 Å². The van der Waals surface area contributed by atoms with Gasteiger partial charge in [0.05, 0.1) is 11.1 Å². The fraction of sp³-hybridized carbons (Fsp3) is 0.560. The molecule has 176 valence electrons. The van der Waals surface area contributed by atoms with E-state index in [9.17, 15) is 4.79 Å². The Morgan fingerprint density at radius 2 is 1.97 bits per heavy atom. The van der Waals surface area contributed by atoms with E-state index in [1.165, 1.54) is 6.21 Å². The van der Waals surface area contributed by atoms with Gasteiger partial charge in [0.15, 0.2) is 5.82 Å². The zero-order chi connectivity index (χ0) is 23.7. The topological polar surface area (TPSA) is 100 Å². The second-order valence-corrected chi connectivity index (χ2v) is 11.2. The number of ketones is 1. The highest BCUT2D eigenvalue weighted by Crippen LogP contribution is 2.53. The second kappa shape index (κ2) is 7.57. The molecule has 2 saturated heterocycles. The molecule has 0 bridgehead atoms. The molecular formula is C25H33ClN6O. The van der Waals surface area contributed by atoms with Gasteiger partial charge in [-0.05, 0) is 57.6 Å². The number of benzene rings is 1. The minimum atomic E-state index is -0.360. The number of hydrogen-bond acceptors (Lipinski definition) is 6. The van der Waals surface area contributed by atoms with Crippen LogP contribution < -0.4 is 16.0 Å². The fourth-order valence-electron chi connectivity index (χ4n) is 6.05. The first-order chi connectivity index (χ1) is 15.6. The van der Waals surface area contributed by atoms with Gasteiger partial charge in [-0.2, -0.15) is 5.10 Å². The fourth-order valence-corrected chi connectivity index (χ4v) is 6.30. The predicted octanol–water partition coefficient (Wildman–Crippen LogP) is 4.27. The molecule has 0 unspecified atom stereocenters. The highest BCUT2D eigenvalue weighted by molar-refractivity contribution is 6.35. The maximum Gasteiger partial charge on any atom is 0.159 e. The number of carbonyl (C=O) groups excluding carboxylic acids is 1. The number of anilines is 2. The number of piperidine rings is 1. The van der Waals surface area contributed by atoms with Crippen LogP contribution in [0, 0.1) is 24.7 Å². The quantitative estimate of drug-likeness (QED) is 0.459. The number of Topliss-reactive ketones (excluding diaryl/α,β-unsaturated/α-hetero) is 1. The van der Waals surface area contributed by atoms with E-state index in [2.05, 4.69) is 35.7 Å². The lowest BCUT2D eigenvalue weighted by molar-refractivity contribution is -0.121. The molecule has 8 heteroatoms. The summed E-state index contributed by atoms with van der Waals surface area (Å²) in [6.07, 6.45) is 4.51. The number of aryl methyl sites for hydroxylation is 1. The third-order valence-corrected chi connectivity index (χ3v) is 8.44. The molecule has 5 rings (SSSR count). The zero-order valence-electron chi connectivity index (χ0n) is 19.9. The van der Waals surface area contributed by atoms with Gasteiger partial charge in [-0.15, -0.1) is 0 Å². The van der Waals surface area contributed by atoms with Gasteiger partial charge < -0.3 is 21.4 Å². The number of hydrogen-bond donors (Lipinski definition) is 3. The van der Waals surface area contributed by atoms with Gasteiger partial charge >= 0.3 is 0 Å². The van der Waals surface area contributed by atoms with E-state index < -0.39 is 0 Å². The summed E-state index contributed by atoms with van der Waals surface area (Å²) in [4.78, 5) is 14.5. The Hall–Kier alpha value is -2.38. The number of nitrogens with two attached hydrogens (primary N) is 1. The smallest absolute Gasteiger partial charge is 0.159 e. The van der Waals surface area contributed by atoms with Crippen LogP contribution in [0.25, 0.3) is 11.1 Å².